The molecule has 16 heavy (non-hydrogen) atoms. The molecule has 1 N–H and O–H groups in total. The standard InChI is InChI=1S/C9H8ClN3O3/c1-6(14)12-9-8(10)4-7(5-11-9)2-3-13(15)16/h2-5H,1H3,(H,11,12,14). The van der Waals surface area contributed by atoms with E-state index in [-0.39, 0.29) is 16.7 Å². The Morgan fingerprint density at radius 2 is 2.38 bits per heavy atom. The van der Waals surface area contributed by atoms with E-state index in [1.807, 2.05) is 0 Å². The maximum absolute atomic E-state index is 10.8. The van der Waals surface area contributed by atoms with Crippen molar-refractivity contribution in [2.75, 3.05) is 5.32 Å². The number of rotatable bonds is 3. The average Bonchev–Trinajstić information content (AvgIpc) is 2.18. The highest BCUT2D eigenvalue weighted by Gasteiger charge is 2.04. The van der Waals surface area contributed by atoms with E-state index in [0.29, 0.717) is 5.56 Å². The number of hydrogen-bond donors (Lipinski definition) is 1. The van der Waals surface area contributed by atoms with Gasteiger partial charge in [-0.05, 0) is 6.07 Å². The number of nitrogens with zero attached hydrogens (tertiary/aromatic N) is 2. The number of hydrogen-bond acceptors (Lipinski definition) is 4. The van der Waals surface area contributed by atoms with E-state index in [1.54, 1.807) is 0 Å². The van der Waals surface area contributed by atoms with Crippen LogP contribution in [0.15, 0.2) is 18.5 Å². The van der Waals surface area contributed by atoms with Gasteiger partial charge < -0.3 is 5.32 Å². The van der Waals surface area contributed by atoms with Gasteiger partial charge in [-0.25, -0.2) is 4.98 Å². The second kappa shape index (κ2) is 5.22. The summed E-state index contributed by atoms with van der Waals surface area (Å²) < 4.78 is 0. The van der Waals surface area contributed by atoms with E-state index in [9.17, 15) is 14.9 Å². The minimum atomic E-state index is -0.588. The van der Waals surface area contributed by atoms with Crippen LogP contribution in [0.1, 0.15) is 12.5 Å². The molecule has 0 radical (unpaired) electrons. The summed E-state index contributed by atoms with van der Waals surface area (Å²) in [7, 11) is 0. The van der Waals surface area contributed by atoms with Gasteiger partial charge in [0, 0.05) is 24.8 Å². The lowest BCUT2D eigenvalue weighted by molar-refractivity contribution is -0.400. The molecular formula is C9H8ClN3O3. The molecule has 0 aliphatic rings. The molecule has 0 aromatic carbocycles. The molecule has 1 aromatic rings. The van der Waals surface area contributed by atoms with E-state index in [0.717, 1.165) is 6.20 Å². The van der Waals surface area contributed by atoms with Crippen molar-refractivity contribution in [3.05, 3.63) is 39.2 Å². The van der Waals surface area contributed by atoms with E-state index in [4.69, 9.17) is 11.6 Å². The molecule has 0 unspecified atom stereocenters. The summed E-state index contributed by atoms with van der Waals surface area (Å²) in [6, 6.07) is 1.47. The van der Waals surface area contributed by atoms with Crippen molar-refractivity contribution in [1.29, 1.82) is 0 Å². The molecule has 1 amide bonds. The molecule has 0 saturated carbocycles. The fourth-order valence-electron chi connectivity index (χ4n) is 0.949. The number of pyridine rings is 1. The molecule has 6 nitrogen and oxygen atoms in total. The molecule has 1 aromatic heterocycles. The first-order valence-electron chi connectivity index (χ1n) is 4.24. The van der Waals surface area contributed by atoms with Crippen molar-refractivity contribution in [1.82, 2.24) is 4.98 Å². The molecule has 1 rings (SSSR count). The molecule has 7 heteroatoms. The Hall–Kier alpha value is -1.95. The van der Waals surface area contributed by atoms with Crippen molar-refractivity contribution < 1.29 is 9.72 Å². The Balaban J connectivity index is 2.90. The number of amides is 1. The first-order chi connectivity index (χ1) is 7.49. The Morgan fingerprint density at radius 3 is 2.88 bits per heavy atom. The number of nitro groups is 1. The minimum Gasteiger partial charge on any atom is -0.310 e. The van der Waals surface area contributed by atoms with Crippen LogP contribution in [0.25, 0.3) is 6.08 Å². The Bertz CT molecular complexity index is 459. The maximum atomic E-state index is 10.8. The zero-order valence-corrected chi connectivity index (χ0v) is 9.06. The van der Waals surface area contributed by atoms with Crippen molar-refractivity contribution in [3.8, 4) is 0 Å². The first-order valence-corrected chi connectivity index (χ1v) is 4.61. The zero-order valence-electron chi connectivity index (χ0n) is 8.31. The molecular weight excluding hydrogens is 234 g/mol. The van der Waals surface area contributed by atoms with E-state index < -0.39 is 4.92 Å². The zero-order chi connectivity index (χ0) is 12.1. The molecule has 84 valence electrons. The Kier molecular flexibility index (Phi) is 3.96. The predicted molar refractivity (Wildman–Crippen MR) is 59.6 cm³/mol. The highest BCUT2D eigenvalue weighted by atomic mass is 35.5. The van der Waals surface area contributed by atoms with Gasteiger partial charge in [0.05, 0.1) is 9.95 Å². The third-order valence-corrected chi connectivity index (χ3v) is 1.83. The lowest BCUT2D eigenvalue weighted by Gasteiger charge is -2.03. The van der Waals surface area contributed by atoms with Crippen molar-refractivity contribution in [2.24, 2.45) is 0 Å². The molecule has 0 spiro atoms. The van der Waals surface area contributed by atoms with Gasteiger partial charge in [-0.15, -0.1) is 0 Å². The Morgan fingerprint density at radius 1 is 1.69 bits per heavy atom. The summed E-state index contributed by atoms with van der Waals surface area (Å²) >= 11 is 5.81. The van der Waals surface area contributed by atoms with Gasteiger partial charge in [0.1, 0.15) is 0 Å². The van der Waals surface area contributed by atoms with Crippen LogP contribution in [0.3, 0.4) is 0 Å². The van der Waals surface area contributed by atoms with E-state index in [1.165, 1.54) is 25.3 Å². The summed E-state index contributed by atoms with van der Waals surface area (Å²) in [5.74, 6) is -0.0598. The van der Waals surface area contributed by atoms with Crippen molar-refractivity contribution >= 4 is 29.4 Å². The number of carbonyl (C=O) groups excluding carboxylic acids is 1. The van der Waals surface area contributed by atoms with E-state index in [2.05, 4.69) is 10.3 Å². The smallest absolute Gasteiger partial charge is 0.235 e. The average molecular weight is 242 g/mol. The summed E-state index contributed by atoms with van der Waals surface area (Å²) in [5, 5.41) is 12.7. The third kappa shape index (κ3) is 3.66. The summed E-state index contributed by atoms with van der Waals surface area (Å²) in [6.07, 6.45) is 3.42. The molecule has 0 aliphatic heterocycles. The van der Waals surface area contributed by atoms with Crippen LogP contribution in [0.2, 0.25) is 5.02 Å². The lowest BCUT2D eigenvalue weighted by atomic mass is 10.3. The fraction of sp³-hybridized carbons (Fsp3) is 0.111. The normalized spacial score (nSPS) is 10.4. The molecule has 0 saturated heterocycles. The predicted octanol–water partition coefficient (Wildman–Crippen LogP) is 1.94. The van der Waals surface area contributed by atoms with Crippen LogP contribution >= 0.6 is 11.6 Å². The minimum absolute atomic E-state index is 0.223. The van der Waals surface area contributed by atoms with Crippen LogP contribution in [-0.4, -0.2) is 15.8 Å². The summed E-state index contributed by atoms with van der Waals surface area (Å²) in [4.78, 5) is 24.1. The maximum Gasteiger partial charge on any atom is 0.235 e. The number of carbonyl (C=O) groups is 1. The quantitative estimate of drug-likeness (QED) is 0.647. The Labute approximate surface area is 96.1 Å². The molecule has 0 atom stereocenters. The molecule has 1 heterocycles. The first kappa shape index (κ1) is 12.1. The fourth-order valence-corrected chi connectivity index (χ4v) is 1.17. The van der Waals surface area contributed by atoms with Gasteiger partial charge in [0.2, 0.25) is 12.1 Å². The monoisotopic (exact) mass is 241 g/mol. The summed E-state index contributed by atoms with van der Waals surface area (Å²) in [6.45, 7) is 1.33. The van der Waals surface area contributed by atoms with Crippen molar-refractivity contribution in [2.45, 2.75) is 6.92 Å². The molecule has 0 bridgehead atoms. The topological polar surface area (TPSA) is 85.1 Å². The second-order valence-electron chi connectivity index (χ2n) is 2.88. The highest BCUT2D eigenvalue weighted by molar-refractivity contribution is 6.33. The SMILES string of the molecule is CC(=O)Nc1ncc(C=C[N+](=O)[O-])cc1Cl. The number of nitrogens with one attached hydrogen (secondary N) is 1. The van der Waals surface area contributed by atoms with Gasteiger partial charge in [0.25, 0.3) is 0 Å². The third-order valence-electron chi connectivity index (χ3n) is 1.55. The van der Waals surface area contributed by atoms with Crippen molar-refractivity contribution in [3.63, 3.8) is 0 Å². The van der Waals surface area contributed by atoms with Gasteiger partial charge in [-0.3, -0.25) is 14.9 Å². The van der Waals surface area contributed by atoms with Crippen LogP contribution in [0.5, 0.6) is 0 Å². The number of halogens is 1. The molecule has 0 aliphatic carbocycles. The lowest BCUT2D eigenvalue weighted by Crippen LogP contribution is -2.07. The van der Waals surface area contributed by atoms with Gasteiger partial charge in [-0.2, -0.15) is 0 Å². The largest absolute Gasteiger partial charge is 0.310 e. The van der Waals surface area contributed by atoms with Crippen LogP contribution in [0.4, 0.5) is 5.82 Å². The van der Waals surface area contributed by atoms with Gasteiger partial charge >= 0.3 is 0 Å². The van der Waals surface area contributed by atoms with E-state index >= 15 is 0 Å². The van der Waals surface area contributed by atoms with Gasteiger partial charge in [-0.1, -0.05) is 11.6 Å². The second-order valence-corrected chi connectivity index (χ2v) is 3.29. The van der Waals surface area contributed by atoms with Crippen LogP contribution < -0.4 is 5.32 Å². The number of aromatic nitrogens is 1. The number of anilines is 1. The van der Waals surface area contributed by atoms with Crippen LogP contribution in [0, 0.1) is 10.1 Å². The highest BCUT2D eigenvalue weighted by Crippen LogP contribution is 2.20. The van der Waals surface area contributed by atoms with Crippen LogP contribution in [-0.2, 0) is 4.79 Å². The summed E-state index contributed by atoms with van der Waals surface area (Å²) in [5.41, 5.74) is 0.482. The molecule has 0 fully saturated rings. The van der Waals surface area contributed by atoms with Gasteiger partial charge in [0.15, 0.2) is 5.82 Å².